The molecule has 2 rings (SSSR count). The molecule has 100 valence electrons. The van der Waals surface area contributed by atoms with E-state index in [4.69, 9.17) is 22.6 Å². The Labute approximate surface area is 122 Å². The van der Waals surface area contributed by atoms with Gasteiger partial charge in [-0.05, 0) is 24.3 Å². The molecule has 5 heteroatoms. The van der Waals surface area contributed by atoms with Crippen molar-refractivity contribution < 1.29 is 4.79 Å². The van der Waals surface area contributed by atoms with E-state index in [0.717, 1.165) is 0 Å². The Kier molecular flexibility index (Phi) is 3.92. The zero-order valence-electron chi connectivity index (χ0n) is 10.8. The standard InChI is InChI=1S/C15H12ClN3O/c1-19(13-8-3-2-5-10(13)9-17)15(20)14-11(16)6-4-7-12(14)18/h2-8H,18H2,1H3. The summed E-state index contributed by atoms with van der Waals surface area (Å²) in [6.07, 6.45) is 0. The van der Waals surface area contributed by atoms with Crippen molar-refractivity contribution in [2.24, 2.45) is 0 Å². The highest BCUT2D eigenvalue weighted by atomic mass is 35.5. The topological polar surface area (TPSA) is 70.1 Å². The van der Waals surface area contributed by atoms with Gasteiger partial charge in [0.1, 0.15) is 6.07 Å². The fourth-order valence-electron chi connectivity index (χ4n) is 1.90. The smallest absolute Gasteiger partial charge is 0.261 e. The van der Waals surface area contributed by atoms with Crippen LogP contribution in [0.2, 0.25) is 5.02 Å². The Hall–Kier alpha value is -2.51. The summed E-state index contributed by atoms with van der Waals surface area (Å²) in [6, 6.07) is 13.8. The molecule has 0 radical (unpaired) electrons. The summed E-state index contributed by atoms with van der Waals surface area (Å²) in [6.45, 7) is 0. The van der Waals surface area contributed by atoms with Crippen LogP contribution < -0.4 is 10.6 Å². The number of carbonyl (C=O) groups excluding carboxylic acids is 1. The third kappa shape index (κ3) is 2.44. The Balaban J connectivity index is 2.46. The fourth-order valence-corrected chi connectivity index (χ4v) is 2.17. The van der Waals surface area contributed by atoms with Crippen LogP contribution in [0, 0.1) is 11.3 Å². The maximum Gasteiger partial charge on any atom is 0.261 e. The number of halogens is 1. The zero-order valence-corrected chi connectivity index (χ0v) is 11.6. The lowest BCUT2D eigenvalue weighted by molar-refractivity contribution is 0.0994. The van der Waals surface area contributed by atoms with Gasteiger partial charge >= 0.3 is 0 Å². The molecule has 2 aromatic carbocycles. The lowest BCUT2D eigenvalue weighted by atomic mass is 10.1. The molecule has 0 unspecified atom stereocenters. The minimum Gasteiger partial charge on any atom is -0.398 e. The maximum atomic E-state index is 12.5. The summed E-state index contributed by atoms with van der Waals surface area (Å²) in [5.74, 6) is -0.351. The summed E-state index contributed by atoms with van der Waals surface area (Å²) in [5, 5.41) is 9.38. The number of hydrogen-bond donors (Lipinski definition) is 1. The molecule has 0 bridgehead atoms. The molecule has 20 heavy (non-hydrogen) atoms. The first-order valence-electron chi connectivity index (χ1n) is 5.87. The van der Waals surface area contributed by atoms with Crippen molar-refractivity contribution in [3.05, 3.63) is 58.6 Å². The number of anilines is 2. The number of carbonyl (C=O) groups is 1. The van der Waals surface area contributed by atoms with Gasteiger partial charge in [0.25, 0.3) is 5.91 Å². The summed E-state index contributed by atoms with van der Waals surface area (Å²) in [4.78, 5) is 13.9. The SMILES string of the molecule is CN(C(=O)c1c(N)cccc1Cl)c1ccccc1C#N. The van der Waals surface area contributed by atoms with Crippen LogP contribution >= 0.6 is 11.6 Å². The molecule has 2 N–H and O–H groups in total. The van der Waals surface area contributed by atoms with Gasteiger partial charge in [-0.2, -0.15) is 5.26 Å². The predicted molar refractivity (Wildman–Crippen MR) is 79.8 cm³/mol. The first kappa shape index (κ1) is 13.9. The van der Waals surface area contributed by atoms with E-state index in [1.807, 2.05) is 0 Å². The summed E-state index contributed by atoms with van der Waals surface area (Å²) in [7, 11) is 1.58. The van der Waals surface area contributed by atoms with Crippen LogP contribution in [0.25, 0.3) is 0 Å². The molecule has 0 aliphatic heterocycles. The molecule has 0 saturated heterocycles. The largest absolute Gasteiger partial charge is 0.398 e. The summed E-state index contributed by atoms with van der Waals surface area (Å²) in [5.41, 5.74) is 7.29. The van der Waals surface area contributed by atoms with Crippen LogP contribution in [0.15, 0.2) is 42.5 Å². The fraction of sp³-hybridized carbons (Fsp3) is 0.0667. The van der Waals surface area contributed by atoms with Gasteiger partial charge in [0.05, 0.1) is 21.8 Å². The monoisotopic (exact) mass is 285 g/mol. The van der Waals surface area contributed by atoms with Gasteiger partial charge in [-0.25, -0.2) is 0 Å². The van der Waals surface area contributed by atoms with Gasteiger partial charge in [-0.3, -0.25) is 4.79 Å². The van der Waals surface area contributed by atoms with E-state index in [-0.39, 0.29) is 16.5 Å². The van der Waals surface area contributed by atoms with Crippen LogP contribution in [0.5, 0.6) is 0 Å². The number of nitrogens with zero attached hydrogens (tertiary/aromatic N) is 2. The van der Waals surface area contributed by atoms with Crippen LogP contribution in [0.4, 0.5) is 11.4 Å². The molecule has 1 amide bonds. The minimum absolute atomic E-state index is 0.240. The van der Waals surface area contributed by atoms with Crippen molar-refractivity contribution in [3.8, 4) is 6.07 Å². The highest BCUT2D eigenvalue weighted by Gasteiger charge is 2.20. The van der Waals surface area contributed by atoms with Crippen LogP contribution in [0.1, 0.15) is 15.9 Å². The minimum atomic E-state index is -0.351. The van der Waals surface area contributed by atoms with E-state index in [1.165, 1.54) is 4.90 Å². The Bertz CT molecular complexity index is 686. The first-order valence-corrected chi connectivity index (χ1v) is 6.25. The number of nitrogens with two attached hydrogens (primary N) is 1. The van der Waals surface area contributed by atoms with E-state index < -0.39 is 0 Å². The quantitative estimate of drug-likeness (QED) is 0.862. The second-order valence-corrected chi connectivity index (χ2v) is 4.60. The Morgan fingerprint density at radius 2 is 1.95 bits per heavy atom. The number of nitriles is 1. The molecule has 0 aromatic heterocycles. The van der Waals surface area contributed by atoms with Gasteiger partial charge in [0.15, 0.2) is 0 Å². The third-order valence-corrected chi connectivity index (χ3v) is 3.27. The van der Waals surface area contributed by atoms with E-state index in [9.17, 15) is 4.79 Å². The molecule has 0 atom stereocenters. The lowest BCUT2D eigenvalue weighted by Crippen LogP contribution is -2.28. The molecule has 0 fully saturated rings. The van der Waals surface area contributed by atoms with E-state index in [1.54, 1.807) is 49.5 Å². The average molecular weight is 286 g/mol. The molecule has 0 aliphatic rings. The maximum absolute atomic E-state index is 12.5. The van der Waals surface area contributed by atoms with Gasteiger partial charge < -0.3 is 10.6 Å². The highest BCUT2D eigenvalue weighted by molar-refractivity contribution is 6.35. The van der Waals surface area contributed by atoms with Crippen molar-refractivity contribution >= 4 is 28.9 Å². The zero-order chi connectivity index (χ0) is 14.7. The third-order valence-electron chi connectivity index (χ3n) is 2.95. The van der Waals surface area contributed by atoms with Crippen molar-refractivity contribution in [3.63, 3.8) is 0 Å². The number of para-hydroxylation sites is 1. The molecular formula is C15H12ClN3O. The average Bonchev–Trinajstić information content (AvgIpc) is 2.46. The molecule has 0 saturated carbocycles. The summed E-state index contributed by atoms with van der Waals surface area (Å²) >= 11 is 6.04. The van der Waals surface area contributed by atoms with Gasteiger partial charge in [-0.15, -0.1) is 0 Å². The van der Waals surface area contributed by atoms with E-state index in [2.05, 4.69) is 6.07 Å². The lowest BCUT2D eigenvalue weighted by Gasteiger charge is -2.20. The van der Waals surface area contributed by atoms with Crippen LogP contribution in [-0.4, -0.2) is 13.0 Å². The second-order valence-electron chi connectivity index (χ2n) is 4.20. The van der Waals surface area contributed by atoms with Crippen molar-refractivity contribution in [2.45, 2.75) is 0 Å². The molecule has 0 heterocycles. The van der Waals surface area contributed by atoms with Gasteiger partial charge in [0, 0.05) is 12.7 Å². The molecule has 0 aliphatic carbocycles. The van der Waals surface area contributed by atoms with Crippen molar-refractivity contribution in [1.29, 1.82) is 5.26 Å². The predicted octanol–water partition coefficient (Wildman–Crippen LogP) is 3.07. The number of hydrogen-bond acceptors (Lipinski definition) is 3. The molecule has 4 nitrogen and oxygen atoms in total. The number of amides is 1. The molecule has 2 aromatic rings. The Morgan fingerprint density at radius 1 is 1.25 bits per heavy atom. The highest BCUT2D eigenvalue weighted by Crippen LogP contribution is 2.26. The first-order chi connectivity index (χ1) is 9.56. The number of nitrogen functional groups attached to an aromatic ring is 1. The molecular weight excluding hydrogens is 274 g/mol. The second kappa shape index (κ2) is 5.64. The van der Waals surface area contributed by atoms with Gasteiger partial charge in [0.2, 0.25) is 0 Å². The van der Waals surface area contributed by atoms with Crippen LogP contribution in [-0.2, 0) is 0 Å². The van der Waals surface area contributed by atoms with E-state index >= 15 is 0 Å². The Morgan fingerprint density at radius 3 is 2.60 bits per heavy atom. The van der Waals surface area contributed by atoms with Crippen molar-refractivity contribution in [2.75, 3.05) is 17.7 Å². The van der Waals surface area contributed by atoms with Crippen molar-refractivity contribution in [1.82, 2.24) is 0 Å². The van der Waals surface area contributed by atoms with Gasteiger partial charge in [-0.1, -0.05) is 29.8 Å². The van der Waals surface area contributed by atoms with E-state index in [0.29, 0.717) is 16.9 Å². The number of benzene rings is 2. The normalized spacial score (nSPS) is 9.85. The summed E-state index contributed by atoms with van der Waals surface area (Å²) < 4.78 is 0. The number of rotatable bonds is 2. The molecule has 0 spiro atoms. The van der Waals surface area contributed by atoms with Crippen LogP contribution in [0.3, 0.4) is 0 Å².